The molecule has 2 aromatic rings. The lowest BCUT2D eigenvalue weighted by Gasteiger charge is -2.22. The predicted molar refractivity (Wildman–Crippen MR) is 99.6 cm³/mol. The largest absolute Gasteiger partial charge is 0.341 e. The van der Waals surface area contributed by atoms with Crippen molar-refractivity contribution in [2.75, 3.05) is 18.5 Å². The number of carbonyl (C=O) groups is 2. The summed E-state index contributed by atoms with van der Waals surface area (Å²) in [6.07, 6.45) is 0.250. The Bertz CT molecular complexity index is 789. The first-order chi connectivity index (χ1) is 12.0. The number of aryl methyl sites for hydroxylation is 1. The molecule has 0 aliphatic carbocycles. The van der Waals surface area contributed by atoms with Crippen LogP contribution in [0, 0.1) is 12.8 Å². The number of hydrogen-bond acceptors (Lipinski definition) is 2. The molecule has 0 radical (unpaired) electrons. The highest BCUT2D eigenvalue weighted by molar-refractivity contribution is 6.31. The lowest BCUT2D eigenvalue weighted by Crippen LogP contribution is -2.34. The van der Waals surface area contributed by atoms with Gasteiger partial charge in [-0.2, -0.15) is 0 Å². The van der Waals surface area contributed by atoms with Crippen molar-refractivity contribution in [2.24, 2.45) is 5.92 Å². The Morgan fingerprint density at radius 1 is 1.20 bits per heavy atom. The number of nitrogens with zero attached hydrogens (tertiary/aromatic N) is 2. The molecular formula is C20H21ClN2O2. The minimum Gasteiger partial charge on any atom is -0.341 e. The third kappa shape index (κ3) is 3.85. The van der Waals surface area contributed by atoms with Crippen LogP contribution >= 0.6 is 11.6 Å². The second-order valence-electron chi connectivity index (χ2n) is 6.53. The first kappa shape index (κ1) is 17.5. The molecular weight excluding hydrogens is 336 g/mol. The first-order valence-corrected chi connectivity index (χ1v) is 8.69. The maximum absolute atomic E-state index is 12.7. The molecule has 1 aliphatic rings. The Balaban J connectivity index is 1.68. The first-order valence-electron chi connectivity index (χ1n) is 8.31. The number of rotatable bonds is 4. The van der Waals surface area contributed by atoms with Crippen molar-refractivity contribution in [2.45, 2.75) is 19.9 Å². The van der Waals surface area contributed by atoms with Gasteiger partial charge in [0, 0.05) is 37.3 Å². The molecule has 0 N–H and O–H groups in total. The average Bonchev–Trinajstić information content (AvgIpc) is 2.98. The van der Waals surface area contributed by atoms with Gasteiger partial charge in [0.1, 0.15) is 0 Å². The highest BCUT2D eigenvalue weighted by Crippen LogP contribution is 2.27. The van der Waals surface area contributed by atoms with E-state index in [9.17, 15) is 9.59 Å². The van der Waals surface area contributed by atoms with Crippen LogP contribution in [0.5, 0.6) is 0 Å². The second-order valence-corrected chi connectivity index (χ2v) is 6.93. The van der Waals surface area contributed by atoms with E-state index in [0.29, 0.717) is 18.1 Å². The molecule has 1 heterocycles. The minimum absolute atomic E-state index is 0.00616. The van der Waals surface area contributed by atoms with Crippen molar-refractivity contribution in [3.63, 3.8) is 0 Å². The maximum atomic E-state index is 12.7. The van der Waals surface area contributed by atoms with E-state index in [0.717, 1.165) is 16.8 Å². The van der Waals surface area contributed by atoms with Crippen molar-refractivity contribution in [3.8, 4) is 0 Å². The molecule has 1 atom stereocenters. The summed E-state index contributed by atoms with van der Waals surface area (Å²) in [5.41, 5.74) is 2.89. The summed E-state index contributed by atoms with van der Waals surface area (Å²) in [5.74, 6) is -0.350. The summed E-state index contributed by atoms with van der Waals surface area (Å²) in [7, 11) is 1.75. The summed E-state index contributed by atoms with van der Waals surface area (Å²) < 4.78 is 0. The molecule has 130 valence electrons. The van der Waals surface area contributed by atoms with Crippen LogP contribution in [0.4, 0.5) is 5.69 Å². The van der Waals surface area contributed by atoms with Crippen LogP contribution in [0.3, 0.4) is 0 Å². The molecule has 25 heavy (non-hydrogen) atoms. The van der Waals surface area contributed by atoms with E-state index in [1.54, 1.807) is 16.8 Å². The van der Waals surface area contributed by atoms with Gasteiger partial charge in [0.25, 0.3) is 0 Å². The van der Waals surface area contributed by atoms with Crippen molar-refractivity contribution >= 4 is 29.1 Å². The smallest absolute Gasteiger partial charge is 0.228 e. The van der Waals surface area contributed by atoms with E-state index in [2.05, 4.69) is 0 Å². The zero-order valence-corrected chi connectivity index (χ0v) is 15.2. The molecule has 0 saturated carbocycles. The summed E-state index contributed by atoms with van der Waals surface area (Å²) >= 11 is 6.17. The van der Waals surface area contributed by atoms with Gasteiger partial charge in [-0.25, -0.2) is 0 Å². The fourth-order valence-corrected chi connectivity index (χ4v) is 3.31. The third-order valence-electron chi connectivity index (χ3n) is 4.56. The summed E-state index contributed by atoms with van der Waals surface area (Å²) in [5, 5.41) is 0.644. The van der Waals surface area contributed by atoms with Crippen LogP contribution in [-0.2, 0) is 16.1 Å². The number of benzene rings is 2. The van der Waals surface area contributed by atoms with E-state index < -0.39 is 0 Å². The van der Waals surface area contributed by atoms with Crippen molar-refractivity contribution in [1.82, 2.24) is 4.90 Å². The van der Waals surface area contributed by atoms with Gasteiger partial charge in [-0.15, -0.1) is 0 Å². The van der Waals surface area contributed by atoms with Crippen LogP contribution in [-0.4, -0.2) is 30.3 Å². The number of amides is 2. The zero-order chi connectivity index (χ0) is 18.0. The maximum Gasteiger partial charge on any atom is 0.228 e. The van der Waals surface area contributed by atoms with Gasteiger partial charge < -0.3 is 9.80 Å². The minimum atomic E-state index is -0.318. The molecule has 3 rings (SSSR count). The Hall–Kier alpha value is -2.33. The van der Waals surface area contributed by atoms with Gasteiger partial charge in [-0.1, -0.05) is 47.5 Å². The van der Waals surface area contributed by atoms with Crippen LogP contribution in [0.1, 0.15) is 17.5 Å². The van der Waals surface area contributed by atoms with Crippen molar-refractivity contribution in [1.29, 1.82) is 0 Å². The van der Waals surface area contributed by atoms with Crippen LogP contribution < -0.4 is 4.90 Å². The molecule has 1 saturated heterocycles. The molecule has 0 spiro atoms. The normalized spacial score (nSPS) is 17.0. The molecule has 2 amide bonds. The quantitative estimate of drug-likeness (QED) is 0.838. The fourth-order valence-electron chi connectivity index (χ4n) is 3.12. The predicted octanol–water partition coefficient (Wildman–Crippen LogP) is 3.66. The lowest BCUT2D eigenvalue weighted by atomic mass is 10.1. The Labute approximate surface area is 153 Å². The molecule has 2 aromatic carbocycles. The molecule has 1 fully saturated rings. The standard InChI is InChI=1S/C20H21ClN2O2/c1-14-7-9-17(10-8-14)23-13-16(11-19(23)24)20(25)22(2)12-15-5-3-4-6-18(15)21/h3-10,16H,11-13H2,1-2H3. The van der Waals surface area contributed by atoms with Gasteiger partial charge in [0.2, 0.25) is 11.8 Å². The van der Waals surface area contributed by atoms with Gasteiger partial charge >= 0.3 is 0 Å². The van der Waals surface area contributed by atoms with Gasteiger partial charge in [-0.3, -0.25) is 9.59 Å². The molecule has 1 unspecified atom stereocenters. The summed E-state index contributed by atoms with van der Waals surface area (Å²) in [4.78, 5) is 28.4. The number of carbonyl (C=O) groups excluding carboxylic acids is 2. The number of halogens is 1. The molecule has 0 bridgehead atoms. The van der Waals surface area contributed by atoms with Gasteiger partial charge in [-0.05, 0) is 30.7 Å². The van der Waals surface area contributed by atoms with E-state index in [1.165, 1.54) is 0 Å². The molecule has 1 aliphatic heterocycles. The third-order valence-corrected chi connectivity index (χ3v) is 4.93. The van der Waals surface area contributed by atoms with Gasteiger partial charge in [0.15, 0.2) is 0 Å². The molecule has 4 nitrogen and oxygen atoms in total. The highest BCUT2D eigenvalue weighted by Gasteiger charge is 2.36. The van der Waals surface area contributed by atoms with Crippen LogP contribution in [0.2, 0.25) is 5.02 Å². The SMILES string of the molecule is Cc1ccc(N2CC(C(=O)N(C)Cc3ccccc3Cl)CC2=O)cc1. The summed E-state index contributed by atoms with van der Waals surface area (Å²) in [6, 6.07) is 15.3. The monoisotopic (exact) mass is 356 g/mol. The summed E-state index contributed by atoms with van der Waals surface area (Å²) in [6.45, 7) is 2.87. The van der Waals surface area contributed by atoms with E-state index in [4.69, 9.17) is 11.6 Å². The Morgan fingerprint density at radius 2 is 1.88 bits per heavy atom. The molecule has 5 heteroatoms. The number of hydrogen-bond donors (Lipinski definition) is 0. The highest BCUT2D eigenvalue weighted by atomic mass is 35.5. The van der Waals surface area contributed by atoms with Crippen molar-refractivity contribution < 1.29 is 9.59 Å². The average molecular weight is 357 g/mol. The second kappa shape index (κ2) is 7.28. The van der Waals surface area contributed by atoms with E-state index in [-0.39, 0.29) is 24.2 Å². The fraction of sp³-hybridized carbons (Fsp3) is 0.300. The Morgan fingerprint density at radius 3 is 2.56 bits per heavy atom. The van der Waals surface area contributed by atoms with Crippen LogP contribution in [0.15, 0.2) is 48.5 Å². The Kier molecular flexibility index (Phi) is 5.09. The molecule has 0 aromatic heterocycles. The number of anilines is 1. The van der Waals surface area contributed by atoms with E-state index in [1.807, 2.05) is 55.5 Å². The zero-order valence-electron chi connectivity index (χ0n) is 14.4. The van der Waals surface area contributed by atoms with Crippen LogP contribution in [0.25, 0.3) is 0 Å². The van der Waals surface area contributed by atoms with Crippen molar-refractivity contribution in [3.05, 3.63) is 64.7 Å². The van der Waals surface area contributed by atoms with E-state index >= 15 is 0 Å². The topological polar surface area (TPSA) is 40.6 Å². The lowest BCUT2D eigenvalue weighted by molar-refractivity contribution is -0.135. The van der Waals surface area contributed by atoms with Gasteiger partial charge in [0.05, 0.1) is 5.92 Å².